The maximum Gasteiger partial charge on any atom is 0.231 e. The fraction of sp³-hybridized carbons (Fsp3) is 0.435. The van der Waals surface area contributed by atoms with Crippen LogP contribution in [-0.4, -0.2) is 25.1 Å². The summed E-state index contributed by atoms with van der Waals surface area (Å²) >= 11 is 6.66. The number of rotatable bonds is 4. The van der Waals surface area contributed by atoms with Gasteiger partial charge in [0.05, 0.1) is 10.7 Å². The first kappa shape index (κ1) is 19.1. The highest BCUT2D eigenvalue weighted by molar-refractivity contribution is 6.33. The summed E-state index contributed by atoms with van der Waals surface area (Å²) in [6, 6.07) is 10.0. The Morgan fingerprint density at radius 3 is 2.79 bits per heavy atom. The van der Waals surface area contributed by atoms with Crippen LogP contribution in [0.3, 0.4) is 0 Å². The summed E-state index contributed by atoms with van der Waals surface area (Å²) in [5.41, 5.74) is 4.51. The Kier molecular flexibility index (Phi) is 5.00. The number of halogens is 1. The number of ether oxygens (including phenoxy) is 2. The van der Waals surface area contributed by atoms with E-state index in [0.717, 1.165) is 47.2 Å². The van der Waals surface area contributed by atoms with Crippen LogP contribution in [0.25, 0.3) is 0 Å². The molecular formula is C23H27ClN2O2. The van der Waals surface area contributed by atoms with Crippen LogP contribution in [0.5, 0.6) is 11.5 Å². The second kappa shape index (κ2) is 7.32. The van der Waals surface area contributed by atoms with E-state index in [0.29, 0.717) is 5.92 Å². The van der Waals surface area contributed by atoms with Crippen molar-refractivity contribution in [3.8, 4) is 11.5 Å². The van der Waals surface area contributed by atoms with Crippen molar-refractivity contribution in [2.24, 2.45) is 4.99 Å². The lowest BCUT2D eigenvalue weighted by Crippen LogP contribution is -2.48. The average molecular weight is 399 g/mol. The van der Waals surface area contributed by atoms with Crippen LogP contribution in [0, 0.1) is 0 Å². The van der Waals surface area contributed by atoms with E-state index in [-0.39, 0.29) is 12.3 Å². The molecule has 0 saturated heterocycles. The van der Waals surface area contributed by atoms with E-state index >= 15 is 0 Å². The summed E-state index contributed by atoms with van der Waals surface area (Å²) in [5.74, 6) is 1.98. The molecule has 0 aliphatic carbocycles. The third-order valence-electron chi connectivity index (χ3n) is 5.66. The topological polar surface area (TPSA) is 34.1 Å². The van der Waals surface area contributed by atoms with Crippen molar-refractivity contribution in [3.63, 3.8) is 0 Å². The molecule has 1 atom stereocenters. The first-order chi connectivity index (χ1) is 13.4. The first-order valence-corrected chi connectivity index (χ1v) is 10.3. The first-order valence-electron chi connectivity index (χ1n) is 9.94. The predicted molar refractivity (Wildman–Crippen MR) is 116 cm³/mol. The Labute approximate surface area is 172 Å². The van der Waals surface area contributed by atoms with Gasteiger partial charge >= 0.3 is 0 Å². The molecule has 1 unspecified atom stereocenters. The largest absolute Gasteiger partial charge is 0.454 e. The minimum Gasteiger partial charge on any atom is -0.454 e. The highest BCUT2D eigenvalue weighted by Crippen LogP contribution is 2.45. The minimum absolute atomic E-state index is 0.133. The van der Waals surface area contributed by atoms with E-state index in [2.05, 4.69) is 49.7 Å². The van der Waals surface area contributed by atoms with Crippen LogP contribution in [0.2, 0.25) is 5.02 Å². The summed E-state index contributed by atoms with van der Waals surface area (Å²) in [7, 11) is 0. The molecule has 2 heterocycles. The molecule has 0 amide bonds. The summed E-state index contributed by atoms with van der Waals surface area (Å²) in [5, 5.41) is 0.731. The average Bonchev–Trinajstić information content (AvgIpc) is 3.11. The lowest BCUT2D eigenvalue weighted by atomic mass is 9.79. The fourth-order valence-corrected chi connectivity index (χ4v) is 4.58. The molecule has 0 spiro atoms. The minimum atomic E-state index is 0.133. The Hall–Kier alpha value is -2.20. The molecule has 5 heteroatoms. The Morgan fingerprint density at radius 1 is 1.21 bits per heavy atom. The van der Waals surface area contributed by atoms with Gasteiger partial charge in [0.25, 0.3) is 0 Å². The third-order valence-corrected chi connectivity index (χ3v) is 5.99. The Bertz CT molecular complexity index is 923. The van der Waals surface area contributed by atoms with Crippen molar-refractivity contribution in [1.29, 1.82) is 0 Å². The smallest absolute Gasteiger partial charge is 0.231 e. The molecule has 0 radical (unpaired) electrons. The molecule has 0 aromatic heterocycles. The van der Waals surface area contributed by atoms with E-state index in [1.807, 2.05) is 24.4 Å². The maximum atomic E-state index is 6.66. The molecule has 2 aromatic rings. The molecule has 4 rings (SSSR count). The number of fused-ring (bicyclic) bond motifs is 2. The maximum absolute atomic E-state index is 6.66. The van der Waals surface area contributed by atoms with Crippen LogP contribution >= 0.6 is 11.6 Å². The number of benzene rings is 2. The van der Waals surface area contributed by atoms with Gasteiger partial charge in [0.15, 0.2) is 11.5 Å². The van der Waals surface area contributed by atoms with Crippen molar-refractivity contribution >= 4 is 29.2 Å². The molecule has 0 N–H and O–H groups in total. The van der Waals surface area contributed by atoms with Gasteiger partial charge in [0, 0.05) is 35.6 Å². The van der Waals surface area contributed by atoms with Gasteiger partial charge in [-0.1, -0.05) is 25.4 Å². The Morgan fingerprint density at radius 2 is 2.00 bits per heavy atom. The van der Waals surface area contributed by atoms with Gasteiger partial charge in [-0.3, -0.25) is 4.99 Å². The zero-order chi connectivity index (χ0) is 19.9. The van der Waals surface area contributed by atoms with Gasteiger partial charge in [-0.15, -0.1) is 0 Å². The number of hydrogen-bond donors (Lipinski definition) is 0. The van der Waals surface area contributed by atoms with Crippen LogP contribution in [0.4, 0.5) is 11.4 Å². The van der Waals surface area contributed by atoms with Gasteiger partial charge in [-0.2, -0.15) is 0 Å². The van der Waals surface area contributed by atoms with E-state index in [9.17, 15) is 0 Å². The number of anilines is 1. The molecule has 4 nitrogen and oxygen atoms in total. The molecule has 28 heavy (non-hydrogen) atoms. The quantitative estimate of drug-likeness (QED) is 0.565. The molecule has 0 saturated carbocycles. The summed E-state index contributed by atoms with van der Waals surface area (Å²) < 4.78 is 10.8. The molecule has 2 aromatic carbocycles. The van der Waals surface area contributed by atoms with Crippen molar-refractivity contribution in [2.75, 3.05) is 18.2 Å². The van der Waals surface area contributed by atoms with Crippen LogP contribution in [-0.2, 0) is 0 Å². The van der Waals surface area contributed by atoms with Gasteiger partial charge in [-0.05, 0) is 62.4 Å². The monoisotopic (exact) mass is 398 g/mol. The van der Waals surface area contributed by atoms with Gasteiger partial charge in [0.1, 0.15) is 0 Å². The predicted octanol–water partition coefficient (Wildman–Crippen LogP) is 6.32. The van der Waals surface area contributed by atoms with Gasteiger partial charge in [0.2, 0.25) is 6.79 Å². The number of aliphatic imine (C=N–C) groups is 1. The van der Waals surface area contributed by atoms with E-state index < -0.39 is 0 Å². The summed E-state index contributed by atoms with van der Waals surface area (Å²) in [6.07, 6.45) is 4.08. The van der Waals surface area contributed by atoms with Crippen molar-refractivity contribution < 1.29 is 9.47 Å². The van der Waals surface area contributed by atoms with E-state index in [1.54, 1.807) is 0 Å². The number of hydrogen-bond acceptors (Lipinski definition) is 4. The second-order valence-electron chi connectivity index (χ2n) is 8.30. The molecule has 2 aliphatic heterocycles. The molecule has 148 valence electrons. The Balaban J connectivity index is 1.67. The second-order valence-corrected chi connectivity index (χ2v) is 8.70. The lowest BCUT2D eigenvalue weighted by molar-refractivity contribution is 0.174. The van der Waals surface area contributed by atoms with Crippen LogP contribution < -0.4 is 14.4 Å². The highest BCUT2D eigenvalue weighted by Gasteiger charge is 2.36. The van der Waals surface area contributed by atoms with Crippen molar-refractivity contribution in [1.82, 2.24) is 0 Å². The summed E-state index contributed by atoms with van der Waals surface area (Å²) in [6.45, 7) is 10.5. The zero-order valence-corrected chi connectivity index (χ0v) is 17.7. The van der Waals surface area contributed by atoms with Crippen LogP contribution in [0.1, 0.15) is 57.6 Å². The lowest BCUT2D eigenvalue weighted by Gasteiger charge is -2.47. The SMILES string of the molecule is CCCN1c2cc(Cl)c(C=Nc3ccc4c(c3)OCO4)cc2C(C)CC1(C)C. The van der Waals surface area contributed by atoms with Crippen molar-refractivity contribution in [3.05, 3.63) is 46.5 Å². The fourth-order valence-electron chi connectivity index (χ4n) is 4.38. The standard InChI is InChI=1S/C23H27ClN2O2/c1-5-8-26-20-11-19(24)16(9-18(20)15(2)12-23(26,3)4)13-25-17-6-7-21-22(10-17)28-14-27-21/h6-7,9-11,13,15H,5,8,12,14H2,1-4H3. The van der Waals surface area contributed by atoms with Crippen LogP contribution in [0.15, 0.2) is 35.3 Å². The molecule has 0 fully saturated rings. The van der Waals surface area contributed by atoms with Gasteiger partial charge in [-0.25, -0.2) is 0 Å². The molecule has 2 aliphatic rings. The normalized spacial score (nSPS) is 19.9. The highest BCUT2D eigenvalue weighted by atomic mass is 35.5. The van der Waals surface area contributed by atoms with E-state index in [4.69, 9.17) is 21.1 Å². The third kappa shape index (κ3) is 3.46. The number of nitrogens with zero attached hydrogens (tertiary/aromatic N) is 2. The summed E-state index contributed by atoms with van der Waals surface area (Å²) in [4.78, 5) is 7.12. The molecule has 0 bridgehead atoms. The molecular weight excluding hydrogens is 372 g/mol. The van der Waals surface area contributed by atoms with Crippen molar-refractivity contribution in [2.45, 2.75) is 52.0 Å². The van der Waals surface area contributed by atoms with Gasteiger partial charge < -0.3 is 14.4 Å². The van der Waals surface area contributed by atoms with E-state index in [1.165, 1.54) is 11.3 Å². The zero-order valence-electron chi connectivity index (χ0n) is 17.0.